The Morgan fingerprint density at radius 3 is 2.47 bits per heavy atom. The quantitative estimate of drug-likeness (QED) is 0.0939. The normalized spacial score (nSPS) is 23.3. The summed E-state index contributed by atoms with van der Waals surface area (Å²) in [4.78, 5) is 76.6. The predicted molar refractivity (Wildman–Crippen MR) is 223 cm³/mol. The molecule has 1 aliphatic heterocycles. The number of anilines is 1. The van der Waals surface area contributed by atoms with E-state index in [0.29, 0.717) is 38.9 Å². The smallest absolute Gasteiger partial charge is 0.408 e. The van der Waals surface area contributed by atoms with Gasteiger partial charge in [-0.25, -0.2) is 14.8 Å². The maximum absolute atomic E-state index is 14.7. The number of carbonyl (C=O) groups excluding carboxylic acids is 4. The van der Waals surface area contributed by atoms with E-state index in [4.69, 9.17) is 23.7 Å². The van der Waals surface area contributed by atoms with Crippen molar-refractivity contribution in [2.75, 3.05) is 25.6 Å². The zero-order chi connectivity index (χ0) is 42.9. The molecule has 3 aliphatic rings. The van der Waals surface area contributed by atoms with Gasteiger partial charge < -0.3 is 44.5 Å². The monoisotopic (exact) mass is 854 g/mol. The lowest BCUT2D eigenvalue weighted by Gasteiger charge is -2.35. The average molecular weight is 855 g/mol. The molecule has 3 heterocycles. The molecule has 4 N–H and O–H groups in total. The first-order valence-corrected chi connectivity index (χ1v) is 22.5. The first-order chi connectivity index (χ1) is 27.9. The molecule has 3 fully saturated rings. The number of alkyl carbamates (subject to hydrolysis) is 1. The highest BCUT2D eigenvalue weighted by atomic mass is 32.1. The highest BCUT2D eigenvalue weighted by Crippen LogP contribution is 2.70. The topological polar surface area (TPSA) is 208 Å². The third-order valence-corrected chi connectivity index (χ3v) is 14.0. The molecular formula is C41H55N6O10PS. The average Bonchev–Trinajstić information content (AvgIpc) is 3.58. The summed E-state index contributed by atoms with van der Waals surface area (Å²) < 4.78 is 36.7. The Morgan fingerprint density at radius 1 is 1.12 bits per heavy atom. The van der Waals surface area contributed by atoms with Gasteiger partial charge in [0.25, 0.3) is 0 Å². The molecule has 2 saturated carbocycles. The van der Waals surface area contributed by atoms with E-state index in [1.165, 1.54) is 22.3 Å². The molecule has 2 aromatic heterocycles. The second-order valence-corrected chi connectivity index (χ2v) is 19.7. The Balaban J connectivity index is 1.34. The van der Waals surface area contributed by atoms with Crippen molar-refractivity contribution < 1.29 is 47.4 Å². The van der Waals surface area contributed by atoms with Crippen LogP contribution < -0.4 is 25.4 Å². The fourth-order valence-electron chi connectivity index (χ4n) is 7.59. The van der Waals surface area contributed by atoms with Gasteiger partial charge in [0, 0.05) is 41.2 Å². The van der Waals surface area contributed by atoms with E-state index in [0.717, 1.165) is 25.7 Å². The fraction of sp³-hybridized carbons (Fsp3) is 0.561. The van der Waals surface area contributed by atoms with Gasteiger partial charge in [-0.2, -0.15) is 0 Å². The van der Waals surface area contributed by atoms with Crippen molar-refractivity contribution >= 4 is 58.8 Å². The van der Waals surface area contributed by atoms with Crippen LogP contribution in [0.3, 0.4) is 0 Å². The summed E-state index contributed by atoms with van der Waals surface area (Å²) in [5, 5.41) is 9.59. The molecule has 320 valence electrons. The molecule has 3 unspecified atom stereocenters. The number of hydrogen-bond acceptors (Lipinski definition) is 12. The Bertz CT molecular complexity index is 2130. The minimum Gasteiger partial charge on any atom is -0.497 e. The van der Waals surface area contributed by atoms with Gasteiger partial charge in [0.05, 0.1) is 31.5 Å². The third kappa shape index (κ3) is 9.58. The lowest BCUT2D eigenvalue weighted by Crippen LogP contribution is -2.58. The summed E-state index contributed by atoms with van der Waals surface area (Å²) >= 11 is 1.25. The van der Waals surface area contributed by atoms with E-state index in [2.05, 4.69) is 27.5 Å². The van der Waals surface area contributed by atoms with Gasteiger partial charge in [-0.05, 0) is 56.6 Å². The molecule has 1 aromatic carbocycles. The van der Waals surface area contributed by atoms with Crippen LogP contribution in [0.15, 0.2) is 42.3 Å². The number of rotatable bonds is 15. The molecule has 2 aliphatic carbocycles. The number of likely N-dealkylation sites (tertiary alicyclic amines) is 1. The second kappa shape index (κ2) is 17.6. The molecule has 59 heavy (non-hydrogen) atoms. The zero-order valence-electron chi connectivity index (χ0n) is 34.6. The number of pyridine rings is 1. The van der Waals surface area contributed by atoms with Gasteiger partial charge in [-0.3, -0.25) is 18.9 Å². The second-order valence-electron chi connectivity index (χ2n) is 16.7. The van der Waals surface area contributed by atoms with Crippen LogP contribution in [0.25, 0.3) is 22.3 Å². The molecule has 1 saturated heterocycles. The van der Waals surface area contributed by atoms with E-state index in [9.17, 15) is 28.6 Å². The largest absolute Gasteiger partial charge is 0.497 e. The standard InChI is InChI=1S/C41H55N6O10PS/c1-9-24-20-41(24,58(52,53)55-10-2)46-36(49)32-18-27(21-47(32)37(50)34(40(5,6)7)44-39(51)57-25-13-11-12-14-25)56-33-19-30(42-29-17-26(54-8)15-16-28(29)33)31-22-59-38(43-31)45-35(48)23(3)4/h9,15-17,19,22-25,27,32,34H,1,10-14,18,20-21H2,2-8H3,(H,44,51)(H,46,49)(H,52,53)(H,43,45,48)/t24-,27-,32?,34?,41+/m1/s1. The summed E-state index contributed by atoms with van der Waals surface area (Å²) in [5.74, 6) is -1.23. The number of carbonyl (C=O) groups is 4. The number of fused-ring (bicyclic) bond motifs is 1. The van der Waals surface area contributed by atoms with Gasteiger partial charge in [-0.1, -0.05) is 40.7 Å². The Kier molecular flexibility index (Phi) is 13.1. The highest BCUT2D eigenvalue weighted by Gasteiger charge is 2.67. The van der Waals surface area contributed by atoms with Gasteiger partial charge >= 0.3 is 13.7 Å². The van der Waals surface area contributed by atoms with Gasteiger partial charge in [0.1, 0.15) is 46.8 Å². The lowest BCUT2D eigenvalue weighted by molar-refractivity contribution is -0.142. The summed E-state index contributed by atoms with van der Waals surface area (Å²) in [7, 11) is -2.84. The van der Waals surface area contributed by atoms with E-state index in [1.54, 1.807) is 78.3 Å². The molecule has 3 aromatic rings. The van der Waals surface area contributed by atoms with Crippen LogP contribution in [-0.2, 0) is 28.2 Å². The summed E-state index contributed by atoms with van der Waals surface area (Å²) in [6, 6.07) is 4.75. The molecule has 6 atom stereocenters. The van der Waals surface area contributed by atoms with Crippen LogP contribution >= 0.6 is 18.9 Å². The first kappa shape index (κ1) is 44.0. The number of nitrogens with one attached hydrogen (secondary N) is 3. The van der Waals surface area contributed by atoms with Crippen molar-refractivity contribution in [3.05, 3.63) is 42.3 Å². The number of hydrogen-bond donors (Lipinski definition) is 4. The molecular weight excluding hydrogens is 800 g/mol. The maximum atomic E-state index is 14.7. The number of benzene rings is 1. The van der Waals surface area contributed by atoms with Gasteiger partial charge in [0.15, 0.2) is 5.13 Å². The predicted octanol–water partition coefficient (Wildman–Crippen LogP) is 6.63. The third-order valence-electron chi connectivity index (χ3n) is 11.0. The molecule has 18 heteroatoms. The van der Waals surface area contributed by atoms with E-state index < -0.39 is 60.3 Å². The summed E-state index contributed by atoms with van der Waals surface area (Å²) in [6.45, 7) is 14.2. The van der Waals surface area contributed by atoms with Crippen molar-refractivity contribution in [2.45, 2.75) is 110 Å². The van der Waals surface area contributed by atoms with Crippen molar-refractivity contribution in [3.63, 3.8) is 0 Å². The van der Waals surface area contributed by atoms with Crippen molar-refractivity contribution in [2.24, 2.45) is 17.3 Å². The first-order valence-electron chi connectivity index (χ1n) is 20.0. The SMILES string of the molecule is C=C[C@@H]1C[C@]1(NC(=O)C1C[C@@H](Oc2cc(-c3csc(NC(=O)C(C)C)n3)nc3cc(OC)ccc23)CN1C(=O)C(NC(=O)OC1CCCC1)C(C)(C)C)P(=O)(O)OCC. The Hall–Kier alpha value is -4.57. The molecule has 0 bridgehead atoms. The number of methoxy groups -OCH3 is 1. The molecule has 6 rings (SSSR count). The minimum absolute atomic E-state index is 0.00244. The van der Waals surface area contributed by atoms with Crippen LogP contribution in [0.1, 0.15) is 80.1 Å². The van der Waals surface area contributed by atoms with Gasteiger partial charge in [0.2, 0.25) is 17.7 Å². The summed E-state index contributed by atoms with van der Waals surface area (Å²) in [6.07, 6.45) is 3.30. The van der Waals surface area contributed by atoms with Crippen LogP contribution in [0, 0.1) is 17.3 Å². The van der Waals surface area contributed by atoms with Gasteiger partial charge in [-0.15, -0.1) is 17.9 Å². The highest BCUT2D eigenvalue weighted by molar-refractivity contribution is 7.55. The molecule has 0 spiro atoms. The number of ether oxygens (including phenoxy) is 3. The van der Waals surface area contributed by atoms with Crippen LogP contribution in [-0.4, -0.2) is 93.4 Å². The van der Waals surface area contributed by atoms with Crippen molar-refractivity contribution in [1.29, 1.82) is 0 Å². The van der Waals surface area contributed by atoms with Crippen molar-refractivity contribution in [3.8, 4) is 22.9 Å². The minimum atomic E-state index is -4.38. The number of thiazole rings is 1. The van der Waals surface area contributed by atoms with Crippen LogP contribution in [0.4, 0.5) is 9.93 Å². The fourth-order valence-corrected chi connectivity index (χ4v) is 10.1. The van der Waals surface area contributed by atoms with Crippen LogP contribution in [0.2, 0.25) is 0 Å². The van der Waals surface area contributed by atoms with Crippen molar-refractivity contribution in [1.82, 2.24) is 25.5 Å². The Morgan fingerprint density at radius 2 is 1.85 bits per heavy atom. The molecule has 16 nitrogen and oxygen atoms in total. The lowest BCUT2D eigenvalue weighted by atomic mass is 9.85. The maximum Gasteiger partial charge on any atom is 0.408 e. The molecule has 4 amide bonds. The zero-order valence-corrected chi connectivity index (χ0v) is 36.3. The number of amides is 4. The van der Waals surface area contributed by atoms with E-state index in [1.807, 2.05) is 0 Å². The van der Waals surface area contributed by atoms with Crippen LogP contribution in [0.5, 0.6) is 11.5 Å². The Labute approximate surface area is 348 Å². The number of nitrogens with zero attached hydrogens (tertiary/aromatic N) is 3. The van der Waals surface area contributed by atoms with E-state index >= 15 is 0 Å². The summed E-state index contributed by atoms with van der Waals surface area (Å²) in [5.41, 5.74) is 0.641. The molecule has 0 radical (unpaired) electrons. The van der Waals surface area contributed by atoms with E-state index in [-0.39, 0.29) is 43.9 Å². The number of aromatic nitrogens is 2.